The van der Waals surface area contributed by atoms with Crippen molar-refractivity contribution in [1.29, 1.82) is 0 Å². The summed E-state index contributed by atoms with van der Waals surface area (Å²) in [7, 11) is 1.57. The first kappa shape index (κ1) is 18.0. The summed E-state index contributed by atoms with van der Waals surface area (Å²) >= 11 is 0. The Morgan fingerprint density at radius 3 is 2.77 bits per heavy atom. The van der Waals surface area contributed by atoms with Gasteiger partial charge >= 0.3 is 0 Å². The van der Waals surface area contributed by atoms with Crippen LogP contribution in [-0.4, -0.2) is 72.4 Å². The molecule has 1 aliphatic heterocycles. The molecule has 0 radical (unpaired) electrons. The summed E-state index contributed by atoms with van der Waals surface area (Å²) in [5.41, 5.74) is 6.04. The summed E-state index contributed by atoms with van der Waals surface area (Å²) in [4.78, 5) is 21.1. The Morgan fingerprint density at radius 2 is 2.12 bits per heavy atom. The van der Waals surface area contributed by atoms with Crippen molar-refractivity contribution in [3.63, 3.8) is 0 Å². The molecule has 1 aliphatic rings. The van der Waals surface area contributed by atoms with Gasteiger partial charge in [-0.3, -0.25) is 4.79 Å². The van der Waals surface area contributed by atoms with E-state index in [-0.39, 0.29) is 5.91 Å². The number of anilines is 1. The number of methoxy groups -OCH3 is 1. The van der Waals surface area contributed by atoms with E-state index in [2.05, 4.69) is 20.1 Å². The number of aromatic nitrogens is 3. The molecule has 26 heavy (non-hydrogen) atoms. The van der Waals surface area contributed by atoms with Gasteiger partial charge in [0.1, 0.15) is 6.33 Å². The van der Waals surface area contributed by atoms with Gasteiger partial charge in [0, 0.05) is 26.2 Å². The normalized spacial score (nSPS) is 14.4. The third-order valence-electron chi connectivity index (χ3n) is 4.29. The van der Waals surface area contributed by atoms with Crippen molar-refractivity contribution >= 4 is 11.9 Å². The van der Waals surface area contributed by atoms with Crippen molar-refractivity contribution in [3.8, 4) is 11.5 Å². The number of aromatic amines is 1. The fraction of sp³-hybridized carbons (Fsp3) is 0.471. The highest BCUT2D eigenvalue weighted by atomic mass is 16.5. The van der Waals surface area contributed by atoms with Crippen molar-refractivity contribution in [2.24, 2.45) is 5.73 Å². The summed E-state index contributed by atoms with van der Waals surface area (Å²) in [5, 5.41) is 6.72. The largest absolute Gasteiger partial charge is 0.493 e. The number of nitrogens with two attached hydrogens (primary N) is 1. The second kappa shape index (κ2) is 8.52. The number of amides is 1. The van der Waals surface area contributed by atoms with Crippen molar-refractivity contribution in [3.05, 3.63) is 30.1 Å². The molecular weight excluding hydrogens is 336 g/mol. The van der Waals surface area contributed by atoms with Crippen LogP contribution in [0.1, 0.15) is 16.8 Å². The van der Waals surface area contributed by atoms with Crippen LogP contribution in [0.2, 0.25) is 0 Å². The molecule has 0 bridgehead atoms. The number of hydrogen-bond donors (Lipinski definition) is 2. The van der Waals surface area contributed by atoms with Crippen LogP contribution in [0.4, 0.5) is 5.95 Å². The first-order chi connectivity index (χ1) is 12.7. The molecular formula is C17H24N6O3. The third kappa shape index (κ3) is 3.88. The van der Waals surface area contributed by atoms with Crippen LogP contribution in [-0.2, 0) is 0 Å². The molecule has 1 aromatic carbocycles. The number of hydrogen-bond acceptors (Lipinski definition) is 7. The van der Waals surface area contributed by atoms with Crippen LogP contribution >= 0.6 is 0 Å². The predicted molar refractivity (Wildman–Crippen MR) is 96.7 cm³/mol. The molecule has 0 atom stereocenters. The number of ether oxygens (including phenoxy) is 2. The minimum atomic E-state index is -0.0659. The SMILES string of the molecule is COc1cccc(C(=O)N2CCN(c3ncn[nH]3)CC2)c1OCCCN. The number of carbonyl (C=O) groups excluding carboxylic acids is 1. The van der Waals surface area contributed by atoms with E-state index in [1.165, 1.54) is 6.33 Å². The number of piperazine rings is 1. The molecule has 1 saturated heterocycles. The van der Waals surface area contributed by atoms with E-state index in [1.807, 2.05) is 4.90 Å². The fourth-order valence-corrected chi connectivity index (χ4v) is 2.89. The van der Waals surface area contributed by atoms with Crippen molar-refractivity contribution in [2.45, 2.75) is 6.42 Å². The van der Waals surface area contributed by atoms with E-state index >= 15 is 0 Å². The number of carbonyl (C=O) groups is 1. The standard InChI is InChI=1S/C17H24N6O3/c1-25-14-5-2-4-13(15(14)26-11-3-6-18)16(24)22-7-9-23(10-8-22)17-19-12-20-21-17/h2,4-5,12H,3,6-11,18H2,1H3,(H,19,20,21). The van der Waals surface area contributed by atoms with Gasteiger partial charge in [0.05, 0.1) is 19.3 Å². The molecule has 0 spiro atoms. The van der Waals surface area contributed by atoms with E-state index in [9.17, 15) is 4.79 Å². The van der Waals surface area contributed by atoms with Crippen LogP contribution < -0.4 is 20.1 Å². The summed E-state index contributed by atoms with van der Waals surface area (Å²) in [5.74, 6) is 1.69. The molecule has 1 amide bonds. The first-order valence-corrected chi connectivity index (χ1v) is 8.64. The van der Waals surface area contributed by atoms with Crippen molar-refractivity contribution in [1.82, 2.24) is 20.1 Å². The number of nitrogens with zero attached hydrogens (tertiary/aromatic N) is 4. The van der Waals surface area contributed by atoms with Gasteiger partial charge in [-0.2, -0.15) is 10.1 Å². The molecule has 9 heteroatoms. The number of H-pyrrole nitrogens is 1. The molecule has 2 aromatic rings. The number of nitrogens with one attached hydrogen (secondary N) is 1. The van der Waals surface area contributed by atoms with Gasteiger partial charge in [0.15, 0.2) is 11.5 Å². The summed E-state index contributed by atoms with van der Waals surface area (Å²) < 4.78 is 11.2. The Kier molecular flexibility index (Phi) is 5.90. The topological polar surface area (TPSA) is 110 Å². The molecule has 1 fully saturated rings. The lowest BCUT2D eigenvalue weighted by atomic mass is 10.1. The third-order valence-corrected chi connectivity index (χ3v) is 4.29. The molecule has 1 aromatic heterocycles. The second-order valence-electron chi connectivity index (χ2n) is 5.92. The maximum Gasteiger partial charge on any atom is 0.257 e. The van der Waals surface area contributed by atoms with Gasteiger partial charge < -0.3 is 25.0 Å². The first-order valence-electron chi connectivity index (χ1n) is 8.64. The van der Waals surface area contributed by atoms with Crippen molar-refractivity contribution < 1.29 is 14.3 Å². The monoisotopic (exact) mass is 360 g/mol. The Morgan fingerprint density at radius 1 is 1.31 bits per heavy atom. The molecule has 140 valence electrons. The zero-order valence-electron chi connectivity index (χ0n) is 14.9. The zero-order valence-corrected chi connectivity index (χ0v) is 14.9. The average molecular weight is 360 g/mol. The van der Waals surface area contributed by atoms with Crippen molar-refractivity contribution in [2.75, 3.05) is 51.3 Å². The number of para-hydroxylation sites is 1. The van der Waals surface area contributed by atoms with Crippen LogP contribution in [0.5, 0.6) is 11.5 Å². The average Bonchev–Trinajstić information content (AvgIpc) is 3.22. The molecule has 0 saturated carbocycles. The molecule has 3 rings (SSSR count). The van der Waals surface area contributed by atoms with Crippen LogP contribution in [0.25, 0.3) is 0 Å². The summed E-state index contributed by atoms with van der Waals surface area (Å²) in [6.07, 6.45) is 2.19. The lowest BCUT2D eigenvalue weighted by Crippen LogP contribution is -2.49. The summed E-state index contributed by atoms with van der Waals surface area (Å²) in [6.45, 7) is 3.54. The van der Waals surface area contributed by atoms with Crippen LogP contribution in [0.15, 0.2) is 24.5 Å². The quantitative estimate of drug-likeness (QED) is 0.692. The Bertz CT molecular complexity index is 713. The van der Waals surface area contributed by atoms with Crippen LogP contribution in [0, 0.1) is 0 Å². The van der Waals surface area contributed by atoms with Gasteiger partial charge in [-0.1, -0.05) is 6.07 Å². The smallest absolute Gasteiger partial charge is 0.257 e. The highest BCUT2D eigenvalue weighted by molar-refractivity contribution is 5.98. The molecule has 0 unspecified atom stereocenters. The van der Waals surface area contributed by atoms with Gasteiger partial charge in [-0.15, -0.1) is 0 Å². The molecule has 3 N–H and O–H groups in total. The van der Waals surface area contributed by atoms with E-state index in [0.29, 0.717) is 62.8 Å². The Labute approximate surface area is 152 Å². The lowest BCUT2D eigenvalue weighted by Gasteiger charge is -2.34. The van der Waals surface area contributed by atoms with E-state index in [1.54, 1.807) is 25.3 Å². The highest BCUT2D eigenvalue weighted by Crippen LogP contribution is 2.32. The molecule has 0 aliphatic carbocycles. The molecule has 9 nitrogen and oxygen atoms in total. The maximum absolute atomic E-state index is 13.0. The lowest BCUT2D eigenvalue weighted by molar-refractivity contribution is 0.0741. The van der Waals surface area contributed by atoms with Gasteiger partial charge in [0.2, 0.25) is 5.95 Å². The number of benzene rings is 1. The molecule has 2 heterocycles. The minimum absolute atomic E-state index is 0.0659. The number of rotatable bonds is 7. The second-order valence-corrected chi connectivity index (χ2v) is 5.92. The van der Waals surface area contributed by atoms with E-state index in [0.717, 1.165) is 5.95 Å². The minimum Gasteiger partial charge on any atom is -0.493 e. The fourth-order valence-electron chi connectivity index (χ4n) is 2.89. The van der Waals surface area contributed by atoms with Gasteiger partial charge in [0.25, 0.3) is 5.91 Å². The van der Waals surface area contributed by atoms with Gasteiger partial charge in [-0.05, 0) is 25.1 Å². The summed E-state index contributed by atoms with van der Waals surface area (Å²) in [6, 6.07) is 5.36. The predicted octanol–water partition coefficient (Wildman–Crippen LogP) is 0.503. The highest BCUT2D eigenvalue weighted by Gasteiger charge is 2.26. The zero-order chi connectivity index (χ0) is 18.4. The van der Waals surface area contributed by atoms with Crippen LogP contribution in [0.3, 0.4) is 0 Å². The maximum atomic E-state index is 13.0. The Balaban J connectivity index is 1.71. The van der Waals surface area contributed by atoms with Gasteiger partial charge in [-0.25, -0.2) is 5.10 Å². The van der Waals surface area contributed by atoms with E-state index < -0.39 is 0 Å². The Hall–Kier alpha value is -2.81. The van der Waals surface area contributed by atoms with E-state index in [4.69, 9.17) is 15.2 Å².